The van der Waals surface area contributed by atoms with Crippen LogP contribution < -0.4 is 5.69 Å². The van der Waals surface area contributed by atoms with Crippen LogP contribution in [0.2, 0.25) is 0 Å². The largest absolute Gasteiger partial charge is 0.493 e. The van der Waals surface area contributed by atoms with Crippen LogP contribution in [0.25, 0.3) is 11.1 Å². The molecule has 1 N–H and O–H groups in total. The molecule has 0 bridgehead atoms. The molecule has 2 aromatic heterocycles. The first-order valence-electron chi connectivity index (χ1n) is 10.8. The van der Waals surface area contributed by atoms with Gasteiger partial charge in [0.15, 0.2) is 0 Å². The van der Waals surface area contributed by atoms with E-state index >= 15 is 0 Å². The Morgan fingerprint density at radius 3 is 2.58 bits per heavy atom. The average Bonchev–Trinajstić information content (AvgIpc) is 3.50. The minimum absolute atomic E-state index is 0.0248. The number of pyridine rings is 1. The van der Waals surface area contributed by atoms with Crippen molar-refractivity contribution >= 4 is 5.91 Å². The van der Waals surface area contributed by atoms with Gasteiger partial charge >= 0.3 is 5.69 Å². The van der Waals surface area contributed by atoms with Crippen LogP contribution in [-0.2, 0) is 19.6 Å². The van der Waals surface area contributed by atoms with Crippen LogP contribution >= 0.6 is 0 Å². The Bertz CT molecular complexity index is 1200. The highest BCUT2D eigenvalue weighted by atomic mass is 16.3. The van der Waals surface area contributed by atoms with Gasteiger partial charge in [0.1, 0.15) is 0 Å². The SMILES string of the molecule is CC(C)Cn1c(O)cn(Cc2ccc(-c3ccc4c(c3)CN(C3CC3)C4=O)cn2)c1=O. The molecule has 1 aromatic carbocycles. The van der Waals surface area contributed by atoms with E-state index in [2.05, 4.69) is 11.1 Å². The molecule has 3 aromatic rings. The van der Waals surface area contributed by atoms with Crippen LogP contribution in [0.5, 0.6) is 5.88 Å². The van der Waals surface area contributed by atoms with Crippen LogP contribution in [-0.4, -0.2) is 36.1 Å². The first-order chi connectivity index (χ1) is 14.9. The van der Waals surface area contributed by atoms with E-state index in [-0.39, 0.29) is 23.4 Å². The monoisotopic (exact) mass is 418 g/mol. The lowest BCUT2D eigenvalue weighted by Gasteiger charge is -2.13. The molecule has 0 unspecified atom stereocenters. The highest BCUT2D eigenvalue weighted by Gasteiger charge is 2.38. The lowest BCUT2D eigenvalue weighted by molar-refractivity contribution is 0.0766. The van der Waals surface area contributed by atoms with Gasteiger partial charge in [0, 0.05) is 36.5 Å². The van der Waals surface area contributed by atoms with Gasteiger partial charge in [0.2, 0.25) is 5.88 Å². The zero-order valence-corrected chi connectivity index (χ0v) is 17.8. The molecule has 0 saturated heterocycles. The number of fused-ring (bicyclic) bond motifs is 1. The molecule has 7 heteroatoms. The molecule has 0 radical (unpaired) electrons. The first-order valence-corrected chi connectivity index (χ1v) is 10.8. The van der Waals surface area contributed by atoms with E-state index < -0.39 is 0 Å². The van der Waals surface area contributed by atoms with Crippen molar-refractivity contribution in [1.82, 2.24) is 19.0 Å². The summed E-state index contributed by atoms with van der Waals surface area (Å²) in [5, 5.41) is 10.1. The van der Waals surface area contributed by atoms with Crippen LogP contribution in [0.15, 0.2) is 47.5 Å². The number of hydrogen-bond donors (Lipinski definition) is 1. The van der Waals surface area contributed by atoms with Gasteiger partial charge in [0.05, 0.1) is 18.4 Å². The fourth-order valence-corrected chi connectivity index (χ4v) is 4.23. The van der Waals surface area contributed by atoms with Gasteiger partial charge in [-0.2, -0.15) is 0 Å². The molecule has 1 aliphatic carbocycles. The molecule has 5 rings (SSSR count). The Balaban J connectivity index is 1.34. The Labute approximate surface area is 180 Å². The summed E-state index contributed by atoms with van der Waals surface area (Å²) < 4.78 is 2.86. The van der Waals surface area contributed by atoms with E-state index in [1.54, 1.807) is 6.20 Å². The fraction of sp³-hybridized carbons (Fsp3) is 0.375. The molecule has 31 heavy (non-hydrogen) atoms. The van der Waals surface area contributed by atoms with Crippen LogP contribution in [0.1, 0.15) is 48.3 Å². The smallest absolute Gasteiger partial charge is 0.331 e. The predicted molar refractivity (Wildman–Crippen MR) is 117 cm³/mol. The van der Waals surface area contributed by atoms with Gasteiger partial charge in [-0.1, -0.05) is 26.0 Å². The van der Waals surface area contributed by atoms with E-state index in [0.29, 0.717) is 25.7 Å². The third-order valence-electron chi connectivity index (χ3n) is 5.99. The van der Waals surface area contributed by atoms with Gasteiger partial charge in [-0.15, -0.1) is 0 Å². The number of carbonyl (C=O) groups is 1. The number of imidazole rings is 1. The summed E-state index contributed by atoms with van der Waals surface area (Å²) in [6.45, 7) is 5.47. The lowest BCUT2D eigenvalue weighted by Crippen LogP contribution is -2.26. The van der Waals surface area contributed by atoms with E-state index in [4.69, 9.17) is 0 Å². The van der Waals surface area contributed by atoms with E-state index in [0.717, 1.165) is 40.8 Å². The molecular weight excluding hydrogens is 392 g/mol. The number of benzene rings is 1. The van der Waals surface area contributed by atoms with E-state index in [9.17, 15) is 14.7 Å². The van der Waals surface area contributed by atoms with Crippen molar-refractivity contribution in [3.8, 4) is 17.0 Å². The Morgan fingerprint density at radius 2 is 1.90 bits per heavy atom. The molecular formula is C24H26N4O3. The first kappa shape index (κ1) is 19.6. The molecule has 0 atom stereocenters. The quantitative estimate of drug-likeness (QED) is 0.666. The normalized spacial score (nSPS) is 15.7. The summed E-state index contributed by atoms with van der Waals surface area (Å²) in [6.07, 6.45) is 5.48. The highest BCUT2D eigenvalue weighted by Crippen LogP contribution is 2.36. The Kier molecular flexibility index (Phi) is 4.68. The minimum atomic E-state index is -0.236. The number of nitrogens with zero attached hydrogens (tertiary/aromatic N) is 4. The summed E-state index contributed by atoms with van der Waals surface area (Å²) in [4.78, 5) is 31.6. The molecule has 160 valence electrons. The number of amides is 1. The molecule has 1 aliphatic heterocycles. The van der Waals surface area contributed by atoms with Gasteiger partial charge < -0.3 is 10.0 Å². The number of hydrogen-bond acceptors (Lipinski definition) is 4. The second-order valence-corrected chi connectivity index (χ2v) is 8.98. The Morgan fingerprint density at radius 1 is 1.13 bits per heavy atom. The zero-order valence-electron chi connectivity index (χ0n) is 17.8. The molecule has 1 fully saturated rings. The average molecular weight is 418 g/mol. The standard InChI is InChI=1S/C24H26N4O3/c1-15(2)11-28-22(29)14-26(24(28)31)13-19-5-3-17(10-25-19)16-4-8-21-18(9-16)12-27(23(21)30)20-6-7-20/h3-5,8-10,14-15,20,29H,6-7,11-13H2,1-2H3. The maximum atomic E-state index is 12.5. The van der Waals surface area contributed by atoms with E-state index in [1.165, 1.54) is 15.3 Å². The number of carbonyl (C=O) groups excluding carboxylic acids is 1. The summed E-state index contributed by atoms with van der Waals surface area (Å²) in [5.41, 5.74) is 4.39. The molecule has 1 saturated carbocycles. The van der Waals surface area contributed by atoms with Crippen molar-refractivity contribution in [2.45, 2.75) is 52.4 Å². The van der Waals surface area contributed by atoms with Gasteiger partial charge in [0.25, 0.3) is 5.91 Å². The molecule has 3 heterocycles. The lowest BCUT2D eigenvalue weighted by atomic mass is 10.0. The third kappa shape index (κ3) is 3.65. The zero-order chi connectivity index (χ0) is 21.7. The van der Waals surface area contributed by atoms with E-state index in [1.807, 2.05) is 43.0 Å². The summed E-state index contributed by atoms with van der Waals surface area (Å²) in [5.74, 6) is 0.384. The van der Waals surface area contributed by atoms with Crippen molar-refractivity contribution in [1.29, 1.82) is 0 Å². The van der Waals surface area contributed by atoms with Crippen molar-refractivity contribution in [3.05, 3.63) is 70.0 Å². The summed E-state index contributed by atoms with van der Waals surface area (Å²) in [7, 11) is 0. The number of aromatic hydroxyl groups is 1. The molecule has 0 spiro atoms. The number of rotatable bonds is 6. The third-order valence-corrected chi connectivity index (χ3v) is 5.99. The molecule has 7 nitrogen and oxygen atoms in total. The van der Waals surface area contributed by atoms with Gasteiger partial charge in [-0.3, -0.25) is 18.9 Å². The molecule has 2 aliphatic rings. The topological polar surface area (TPSA) is 80.4 Å². The minimum Gasteiger partial charge on any atom is -0.493 e. The van der Waals surface area contributed by atoms with Gasteiger partial charge in [-0.05, 0) is 48.1 Å². The summed E-state index contributed by atoms with van der Waals surface area (Å²) in [6, 6.07) is 10.3. The van der Waals surface area contributed by atoms with Crippen LogP contribution in [0.4, 0.5) is 0 Å². The Hall–Kier alpha value is -3.35. The van der Waals surface area contributed by atoms with Crippen LogP contribution in [0.3, 0.4) is 0 Å². The maximum absolute atomic E-state index is 12.5. The van der Waals surface area contributed by atoms with Crippen LogP contribution in [0, 0.1) is 5.92 Å². The maximum Gasteiger partial charge on any atom is 0.331 e. The highest BCUT2D eigenvalue weighted by molar-refractivity contribution is 5.99. The molecule has 1 amide bonds. The van der Waals surface area contributed by atoms with Crippen molar-refractivity contribution in [3.63, 3.8) is 0 Å². The second kappa shape index (κ2) is 7.41. The second-order valence-electron chi connectivity index (χ2n) is 8.98. The van der Waals surface area contributed by atoms with Gasteiger partial charge in [-0.25, -0.2) is 4.79 Å². The van der Waals surface area contributed by atoms with Crippen molar-refractivity contribution < 1.29 is 9.90 Å². The fourth-order valence-electron chi connectivity index (χ4n) is 4.23. The summed E-state index contributed by atoms with van der Waals surface area (Å²) >= 11 is 0. The predicted octanol–water partition coefficient (Wildman–Crippen LogP) is 3.24. The van der Waals surface area contributed by atoms with Crippen molar-refractivity contribution in [2.75, 3.05) is 0 Å². The van der Waals surface area contributed by atoms with Crippen molar-refractivity contribution in [2.24, 2.45) is 5.92 Å². The number of aromatic nitrogens is 3.